The maximum atomic E-state index is 5.57. The van der Waals surface area contributed by atoms with Crippen LogP contribution in [0.1, 0.15) is 36.8 Å². The summed E-state index contributed by atoms with van der Waals surface area (Å²) in [4.78, 5) is 8.72. The summed E-state index contributed by atoms with van der Waals surface area (Å²) in [5.74, 6) is 0.443. The van der Waals surface area contributed by atoms with Crippen molar-refractivity contribution in [1.29, 1.82) is 0 Å². The standard InChI is InChI=1S/C13H15N3S/c1-9(2)12-5-3-4-10(15-12)6-7-11-8-17-13(14)16-11/h3-9H,1-2H3,(H2,14,16). The van der Waals surface area contributed by atoms with Gasteiger partial charge in [0.1, 0.15) is 0 Å². The fourth-order valence-corrected chi connectivity index (χ4v) is 1.96. The molecule has 0 saturated heterocycles. The van der Waals surface area contributed by atoms with Crippen LogP contribution >= 0.6 is 11.3 Å². The molecule has 88 valence electrons. The molecule has 0 aliphatic rings. The molecule has 0 aromatic carbocycles. The van der Waals surface area contributed by atoms with Gasteiger partial charge in [0.25, 0.3) is 0 Å². The van der Waals surface area contributed by atoms with E-state index in [-0.39, 0.29) is 0 Å². The van der Waals surface area contributed by atoms with Crippen molar-refractivity contribution in [2.45, 2.75) is 19.8 Å². The second-order valence-corrected chi connectivity index (χ2v) is 4.98. The molecule has 0 aliphatic carbocycles. The monoisotopic (exact) mass is 245 g/mol. The van der Waals surface area contributed by atoms with Crippen LogP contribution in [0.25, 0.3) is 12.2 Å². The lowest BCUT2D eigenvalue weighted by atomic mass is 10.1. The van der Waals surface area contributed by atoms with E-state index in [9.17, 15) is 0 Å². The van der Waals surface area contributed by atoms with Crippen LogP contribution in [-0.4, -0.2) is 9.97 Å². The van der Waals surface area contributed by atoms with Crippen LogP contribution in [0, 0.1) is 0 Å². The first-order valence-corrected chi connectivity index (χ1v) is 6.39. The first-order valence-electron chi connectivity index (χ1n) is 5.51. The molecule has 0 spiro atoms. The number of aromatic nitrogens is 2. The van der Waals surface area contributed by atoms with Gasteiger partial charge in [-0.3, -0.25) is 4.98 Å². The maximum absolute atomic E-state index is 5.57. The van der Waals surface area contributed by atoms with Gasteiger partial charge >= 0.3 is 0 Å². The summed E-state index contributed by atoms with van der Waals surface area (Å²) in [6.45, 7) is 4.27. The highest BCUT2D eigenvalue weighted by Crippen LogP contribution is 2.15. The highest BCUT2D eigenvalue weighted by molar-refractivity contribution is 7.13. The molecule has 0 fully saturated rings. The highest BCUT2D eigenvalue weighted by atomic mass is 32.1. The number of nitrogens with zero attached hydrogens (tertiary/aromatic N) is 2. The number of nitrogens with two attached hydrogens (primary N) is 1. The molecule has 0 radical (unpaired) electrons. The Kier molecular flexibility index (Phi) is 3.54. The van der Waals surface area contributed by atoms with Crippen LogP contribution in [-0.2, 0) is 0 Å². The lowest BCUT2D eigenvalue weighted by Crippen LogP contribution is -1.93. The van der Waals surface area contributed by atoms with E-state index in [0.29, 0.717) is 11.0 Å². The maximum Gasteiger partial charge on any atom is 0.180 e. The molecule has 0 atom stereocenters. The molecule has 0 amide bonds. The number of rotatable bonds is 3. The quantitative estimate of drug-likeness (QED) is 0.901. The van der Waals surface area contributed by atoms with Gasteiger partial charge in [0.2, 0.25) is 0 Å². The smallest absolute Gasteiger partial charge is 0.180 e. The van der Waals surface area contributed by atoms with Gasteiger partial charge < -0.3 is 5.73 Å². The summed E-state index contributed by atoms with van der Waals surface area (Å²) in [6, 6.07) is 6.05. The zero-order chi connectivity index (χ0) is 12.3. The van der Waals surface area contributed by atoms with E-state index >= 15 is 0 Å². The molecular weight excluding hydrogens is 230 g/mol. The zero-order valence-corrected chi connectivity index (χ0v) is 10.7. The van der Waals surface area contributed by atoms with Gasteiger partial charge in [-0.15, -0.1) is 11.3 Å². The fraction of sp³-hybridized carbons (Fsp3) is 0.231. The molecule has 2 N–H and O–H groups in total. The van der Waals surface area contributed by atoms with Gasteiger partial charge in [-0.2, -0.15) is 0 Å². The molecule has 0 unspecified atom stereocenters. The minimum absolute atomic E-state index is 0.443. The Hall–Kier alpha value is -1.68. The van der Waals surface area contributed by atoms with Crippen molar-refractivity contribution in [2.75, 3.05) is 5.73 Å². The summed E-state index contributed by atoms with van der Waals surface area (Å²) < 4.78 is 0. The minimum Gasteiger partial charge on any atom is -0.375 e. The molecule has 4 heteroatoms. The SMILES string of the molecule is CC(C)c1cccc(C=Cc2csc(N)n2)n1. The lowest BCUT2D eigenvalue weighted by Gasteiger charge is -2.04. The van der Waals surface area contributed by atoms with E-state index in [2.05, 4.69) is 23.8 Å². The van der Waals surface area contributed by atoms with E-state index in [1.54, 1.807) is 0 Å². The van der Waals surface area contributed by atoms with Gasteiger partial charge in [-0.05, 0) is 30.2 Å². The number of hydrogen-bond acceptors (Lipinski definition) is 4. The van der Waals surface area contributed by atoms with Gasteiger partial charge in [0, 0.05) is 11.1 Å². The van der Waals surface area contributed by atoms with E-state index in [1.165, 1.54) is 11.3 Å². The van der Waals surface area contributed by atoms with Crippen LogP contribution in [0.5, 0.6) is 0 Å². The zero-order valence-electron chi connectivity index (χ0n) is 9.92. The number of hydrogen-bond donors (Lipinski definition) is 1. The fourth-order valence-electron chi connectivity index (χ4n) is 1.43. The third kappa shape index (κ3) is 3.14. The average molecular weight is 245 g/mol. The van der Waals surface area contributed by atoms with Crippen molar-refractivity contribution in [3.63, 3.8) is 0 Å². The molecule has 0 aliphatic heterocycles. The molecule has 17 heavy (non-hydrogen) atoms. The van der Waals surface area contributed by atoms with Crippen molar-refractivity contribution in [2.24, 2.45) is 0 Å². The molecule has 2 rings (SSSR count). The van der Waals surface area contributed by atoms with Crippen molar-refractivity contribution in [3.05, 3.63) is 40.7 Å². The molecular formula is C13H15N3S. The topological polar surface area (TPSA) is 51.8 Å². The molecule has 2 aromatic rings. The van der Waals surface area contributed by atoms with Gasteiger partial charge in [0.05, 0.1) is 11.4 Å². The van der Waals surface area contributed by atoms with E-state index < -0.39 is 0 Å². The Labute approximate surface area is 105 Å². The van der Waals surface area contributed by atoms with Crippen LogP contribution in [0.3, 0.4) is 0 Å². The highest BCUT2D eigenvalue weighted by Gasteiger charge is 2.00. The lowest BCUT2D eigenvalue weighted by molar-refractivity contribution is 0.821. The third-order valence-electron chi connectivity index (χ3n) is 2.35. The molecule has 0 bridgehead atoms. The number of thiazole rings is 1. The van der Waals surface area contributed by atoms with Crippen molar-refractivity contribution < 1.29 is 0 Å². The van der Waals surface area contributed by atoms with Crippen molar-refractivity contribution >= 4 is 28.6 Å². The van der Waals surface area contributed by atoms with Gasteiger partial charge in [-0.1, -0.05) is 19.9 Å². The molecule has 2 heterocycles. The third-order valence-corrected chi connectivity index (χ3v) is 3.04. The van der Waals surface area contributed by atoms with Crippen LogP contribution in [0.4, 0.5) is 5.13 Å². The van der Waals surface area contributed by atoms with Crippen LogP contribution in [0.2, 0.25) is 0 Å². The average Bonchev–Trinajstić information content (AvgIpc) is 2.73. The Morgan fingerprint density at radius 2 is 1.94 bits per heavy atom. The number of anilines is 1. The molecule has 3 nitrogen and oxygen atoms in total. The number of pyridine rings is 1. The molecule has 0 saturated carbocycles. The normalized spacial score (nSPS) is 11.5. The molecule has 2 aromatic heterocycles. The van der Waals surface area contributed by atoms with E-state index in [4.69, 9.17) is 5.73 Å². The first kappa shape index (κ1) is 11.8. The summed E-state index contributed by atoms with van der Waals surface area (Å²) in [5.41, 5.74) is 8.50. The Balaban J connectivity index is 2.18. The van der Waals surface area contributed by atoms with Crippen molar-refractivity contribution in [1.82, 2.24) is 9.97 Å². The first-order chi connectivity index (χ1) is 8.15. The second kappa shape index (κ2) is 5.10. The van der Waals surface area contributed by atoms with E-state index in [1.807, 2.05) is 35.7 Å². The van der Waals surface area contributed by atoms with Crippen LogP contribution in [0.15, 0.2) is 23.6 Å². The predicted molar refractivity (Wildman–Crippen MR) is 73.8 cm³/mol. The Bertz CT molecular complexity index is 529. The summed E-state index contributed by atoms with van der Waals surface area (Å²) in [5, 5.41) is 2.52. The van der Waals surface area contributed by atoms with Crippen molar-refractivity contribution in [3.8, 4) is 0 Å². The van der Waals surface area contributed by atoms with E-state index in [0.717, 1.165) is 17.1 Å². The Morgan fingerprint density at radius 3 is 2.59 bits per heavy atom. The predicted octanol–water partition coefficient (Wildman–Crippen LogP) is 3.41. The largest absolute Gasteiger partial charge is 0.375 e. The summed E-state index contributed by atoms with van der Waals surface area (Å²) in [6.07, 6.45) is 3.89. The van der Waals surface area contributed by atoms with Gasteiger partial charge in [-0.25, -0.2) is 4.98 Å². The van der Waals surface area contributed by atoms with Crippen LogP contribution < -0.4 is 5.73 Å². The summed E-state index contributed by atoms with van der Waals surface area (Å²) >= 11 is 1.44. The van der Waals surface area contributed by atoms with Gasteiger partial charge in [0.15, 0.2) is 5.13 Å². The second-order valence-electron chi connectivity index (χ2n) is 4.09. The Morgan fingerprint density at radius 1 is 1.18 bits per heavy atom. The number of nitrogen functional groups attached to an aromatic ring is 1. The summed E-state index contributed by atoms with van der Waals surface area (Å²) in [7, 11) is 0. The minimum atomic E-state index is 0.443.